The van der Waals surface area contributed by atoms with Crippen molar-refractivity contribution >= 4 is 5.97 Å². The predicted molar refractivity (Wildman–Crippen MR) is 58.1 cm³/mol. The number of hydrogen-bond donors (Lipinski definition) is 2. The van der Waals surface area contributed by atoms with Gasteiger partial charge >= 0.3 is 5.97 Å². The highest BCUT2D eigenvalue weighted by molar-refractivity contribution is 5.81. The standard InChI is InChI=1S/C11H18O6/c1-11(2)16-8(4-5-9(14)15-3)10(17-11)7(13)6-12/h4-5,7-8,10,12-13H,6H2,1-3H3/b5-4+/t7-,8+,10-/m1/s1. The molecule has 1 rings (SSSR count). The van der Waals surface area contributed by atoms with Gasteiger partial charge in [0.2, 0.25) is 0 Å². The summed E-state index contributed by atoms with van der Waals surface area (Å²) < 4.78 is 15.4. The molecule has 0 bridgehead atoms. The van der Waals surface area contributed by atoms with Crippen molar-refractivity contribution in [2.75, 3.05) is 13.7 Å². The summed E-state index contributed by atoms with van der Waals surface area (Å²) in [6.45, 7) is 2.94. The summed E-state index contributed by atoms with van der Waals surface area (Å²) >= 11 is 0. The van der Waals surface area contributed by atoms with Gasteiger partial charge in [-0.3, -0.25) is 0 Å². The van der Waals surface area contributed by atoms with Crippen LogP contribution in [0, 0.1) is 0 Å². The summed E-state index contributed by atoms with van der Waals surface area (Å²) in [5, 5.41) is 18.5. The van der Waals surface area contributed by atoms with E-state index in [0.29, 0.717) is 0 Å². The molecule has 1 heterocycles. The molecule has 0 aromatic carbocycles. The topological polar surface area (TPSA) is 85.2 Å². The van der Waals surface area contributed by atoms with Gasteiger partial charge in [0, 0.05) is 6.08 Å². The van der Waals surface area contributed by atoms with Crippen LogP contribution in [0.15, 0.2) is 12.2 Å². The maximum atomic E-state index is 11.0. The molecule has 1 aliphatic heterocycles. The lowest BCUT2D eigenvalue weighted by Gasteiger charge is -2.19. The van der Waals surface area contributed by atoms with Crippen LogP contribution in [-0.4, -0.2) is 54.0 Å². The van der Waals surface area contributed by atoms with Crippen molar-refractivity contribution < 1.29 is 29.2 Å². The quantitative estimate of drug-likeness (QED) is 0.518. The molecule has 2 N–H and O–H groups in total. The Bertz CT molecular complexity index is 298. The normalized spacial score (nSPS) is 29.5. The van der Waals surface area contributed by atoms with E-state index in [1.807, 2.05) is 0 Å². The first-order valence-electron chi connectivity index (χ1n) is 5.30. The minimum Gasteiger partial charge on any atom is -0.466 e. The first-order chi connectivity index (χ1) is 7.89. The molecule has 1 aliphatic rings. The number of esters is 1. The van der Waals surface area contributed by atoms with Crippen LogP contribution in [0.1, 0.15) is 13.8 Å². The minimum absolute atomic E-state index is 0.438. The molecule has 98 valence electrons. The number of rotatable bonds is 4. The summed E-state index contributed by atoms with van der Waals surface area (Å²) in [7, 11) is 1.27. The summed E-state index contributed by atoms with van der Waals surface area (Å²) in [6, 6.07) is 0. The van der Waals surface area contributed by atoms with Crippen LogP contribution in [0.25, 0.3) is 0 Å². The molecule has 0 aromatic heterocycles. The highest BCUT2D eigenvalue weighted by atomic mass is 16.8. The van der Waals surface area contributed by atoms with Crippen molar-refractivity contribution in [1.82, 2.24) is 0 Å². The highest BCUT2D eigenvalue weighted by Gasteiger charge is 2.43. The van der Waals surface area contributed by atoms with Gasteiger partial charge < -0.3 is 24.4 Å². The van der Waals surface area contributed by atoms with Crippen molar-refractivity contribution in [1.29, 1.82) is 0 Å². The maximum absolute atomic E-state index is 11.0. The Morgan fingerprint density at radius 2 is 2.18 bits per heavy atom. The third kappa shape index (κ3) is 3.78. The van der Waals surface area contributed by atoms with Crippen LogP contribution in [0.5, 0.6) is 0 Å². The fraction of sp³-hybridized carbons (Fsp3) is 0.727. The van der Waals surface area contributed by atoms with Crippen molar-refractivity contribution in [3.05, 3.63) is 12.2 Å². The second-order valence-electron chi connectivity index (χ2n) is 4.20. The molecule has 0 amide bonds. The Kier molecular flexibility index (Phi) is 4.64. The lowest BCUT2D eigenvalue weighted by molar-refractivity contribution is -0.155. The molecule has 0 spiro atoms. The lowest BCUT2D eigenvalue weighted by atomic mass is 10.1. The number of methoxy groups -OCH3 is 1. The Morgan fingerprint density at radius 3 is 2.71 bits per heavy atom. The van der Waals surface area contributed by atoms with E-state index in [1.165, 1.54) is 19.3 Å². The van der Waals surface area contributed by atoms with Gasteiger partial charge in [0.15, 0.2) is 5.79 Å². The lowest BCUT2D eigenvalue weighted by Crippen LogP contribution is -2.37. The van der Waals surface area contributed by atoms with E-state index < -0.39 is 36.7 Å². The molecule has 6 nitrogen and oxygen atoms in total. The fourth-order valence-electron chi connectivity index (χ4n) is 1.61. The van der Waals surface area contributed by atoms with E-state index >= 15 is 0 Å². The van der Waals surface area contributed by atoms with Crippen LogP contribution >= 0.6 is 0 Å². The average Bonchev–Trinajstić information content (AvgIpc) is 2.60. The first-order valence-corrected chi connectivity index (χ1v) is 5.30. The van der Waals surface area contributed by atoms with Crippen molar-refractivity contribution in [3.63, 3.8) is 0 Å². The molecule has 0 unspecified atom stereocenters. The molecule has 17 heavy (non-hydrogen) atoms. The number of aliphatic hydroxyl groups is 2. The Balaban J connectivity index is 2.74. The SMILES string of the molecule is COC(=O)/C=C/[C@@H]1OC(C)(C)O[C@@H]1[C@H](O)CO. The molecular weight excluding hydrogens is 228 g/mol. The van der Waals surface area contributed by atoms with Crippen LogP contribution in [0.2, 0.25) is 0 Å². The maximum Gasteiger partial charge on any atom is 0.330 e. The molecule has 0 saturated carbocycles. The Morgan fingerprint density at radius 1 is 1.53 bits per heavy atom. The molecule has 3 atom stereocenters. The predicted octanol–water partition coefficient (Wildman–Crippen LogP) is -0.411. The fourth-order valence-corrected chi connectivity index (χ4v) is 1.61. The van der Waals surface area contributed by atoms with Gasteiger partial charge in [-0.05, 0) is 19.9 Å². The number of aliphatic hydroxyl groups excluding tert-OH is 2. The van der Waals surface area contributed by atoms with Gasteiger partial charge in [-0.2, -0.15) is 0 Å². The number of hydrogen-bond acceptors (Lipinski definition) is 6. The minimum atomic E-state index is -1.07. The summed E-state index contributed by atoms with van der Waals surface area (Å²) in [6.07, 6.45) is 0.266. The summed E-state index contributed by atoms with van der Waals surface area (Å²) in [5.41, 5.74) is 0. The zero-order valence-corrected chi connectivity index (χ0v) is 10.1. The second kappa shape index (κ2) is 5.59. The first kappa shape index (κ1) is 14.1. The van der Waals surface area contributed by atoms with Crippen molar-refractivity contribution in [2.24, 2.45) is 0 Å². The van der Waals surface area contributed by atoms with Gasteiger partial charge in [0.1, 0.15) is 18.3 Å². The van der Waals surface area contributed by atoms with Crippen LogP contribution < -0.4 is 0 Å². The van der Waals surface area contributed by atoms with E-state index in [9.17, 15) is 9.90 Å². The third-order valence-corrected chi connectivity index (χ3v) is 2.35. The molecule has 0 aliphatic carbocycles. The van der Waals surface area contributed by atoms with Gasteiger partial charge in [-0.25, -0.2) is 4.79 Å². The molecular formula is C11H18O6. The average molecular weight is 246 g/mol. The van der Waals surface area contributed by atoms with Gasteiger partial charge in [-0.1, -0.05) is 0 Å². The van der Waals surface area contributed by atoms with Gasteiger partial charge in [0.05, 0.1) is 13.7 Å². The van der Waals surface area contributed by atoms with Gasteiger partial charge in [-0.15, -0.1) is 0 Å². The molecule has 6 heteroatoms. The van der Waals surface area contributed by atoms with Crippen LogP contribution in [0.3, 0.4) is 0 Å². The molecule has 1 fully saturated rings. The van der Waals surface area contributed by atoms with E-state index in [0.717, 1.165) is 0 Å². The molecule has 0 aromatic rings. The summed E-state index contributed by atoms with van der Waals surface area (Å²) in [5.74, 6) is -1.39. The van der Waals surface area contributed by atoms with E-state index in [4.69, 9.17) is 14.6 Å². The molecule has 1 saturated heterocycles. The number of carbonyl (C=O) groups excluding carboxylic acids is 1. The third-order valence-electron chi connectivity index (χ3n) is 2.35. The highest BCUT2D eigenvalue weighted by Crippen LogP contribution is 2.30. The van der Waals surface area contributed by atoms with E-state index in [-0.39, 0.29) is 0 Å². The van der Waals surface area contributed by atoms with Crippen molar-refractivity contribution in [3.8, 4) is 0 Å². The van der Waals surface area contributed by atoms with Gasteiger partial charge in [0.25, 0.3) is 0 Å². The number of ether oxygens (including phenoxy) is 3. The zero-order valence-electron chi connectivity index (χ0n) is 10.1. The van der Waals surface area contributed by atoms with Crippen LogP contribution in [-0.2, 0) is 19.0 Å². The van der Waals surface area contributed by atoms with E-state index in [1.54, 1.807) is 13.8 Å². The summed E-state index contributed by atoms with van der Waals surface area (Å²) in [4.78, 5) is 11.0. The Hall–Kier alpha value is -0.950. The monoisotopic (exact) mass is 246 g/mol. The second-order valence-corrected chi connectivity index (χ2v) is 4.20. The smallest absolute Gasteiger partial charge is 0.330 e. The number of carbonyl (C=O) groups is 1. The Labute approximate surface area is 99.8 Å². The van der Waals surface area contributed by atoms with E-state index in [2.05, 4.69) is 4.74 Å². The zero-order chi connectivity index (χ0) is 13.1. The van der Waals surface area contributed by atoms with Crippen molar-refractivity contribution in [2.45, 2.75) is 37.9 Å². The van der Waals surface area contributed by atoms with Crippen LogP contribution in [0.4, 0.5) is 0 Å². The largest absolute Gasteiger partial charge is 0.466 e. The molecule has 0 radical (unpaired) electrons.